The molecule has 0 spiro atoms. The van der Waals surface area contributed by atoms with Crippen molar-refractivity contribution < 1.29 is 4.79 Å². The van der Waals surface area contributed by atoms with E-state index in [9.17, 15) is 4.79 Å². The van der Waals surface area contributed by atoms with Crippen LogP contribution < -0.4 is 5.32 Å². The average Bonchev–Trinajstić information content (AvgIpc) is 2.02. The lowest BCUT2D eigenvalue weighted by Gasteiger charge is -2.11. The second-order valence-electron chi connectivity index (χ2n) is 3.07. The fourth-order valence-corrected chi connectivity index (χ4v) is 1.43. The molecule has 65 valence electrons. The fraction of sp³-hybridized carbons (Fsp3) is 0.200. The van der Waals surface area contributed by atoms with Crippen molar-refractivity contribution in [2.24, 2.45) is 0 Å². The monoisotopic (exact) mass is 173 g/mol. The normalized spacial score (nSPS) is 13.8. The van der Waals surface area contributed by atoms with Crippen LogP contribution in [0.15, 0.2) is 12.1 Å². The molecule has 0 aliphatic carbocycles. The van der Waals surface area contributed by atoms with Crippen molar-refractivity contribution in [1.29, 1.82) is 0 Å². The van der Waals surface area contributed by atoms with Gasteiger partial charge < -0.3 is 0 Å². The highest BCUT2D eigenvalue weighted by atomic mass is 16.1. The van der Waals surface area contributed by atoms with Crippen molar-refractivity contribution in [2.75, 3.05) is 0 Å². The molecule has 1 aliphatic rings. The molecule has 0 fully saturated rings. The summed E-state index contributed by atoms with van der Waals surface area (Å²) < 4.78 is 0. The average molecular weight is 173 g/mol. The number of carbonyl (C=O) groups is 1. The van der Waals surface area contributed by atoms with Crippen LogP contribution in [0.2, 0.25) is 0 Å². The maximum atomic E-state index is 11.0. The van der Waals surface area contributed by atoms with Crippen LogP contribution in [0.5, 0.6) is 0 Å². The van der Waals surface area contributed by atoms with E-state index in [2.05, 4.69) is 10.3 Å². The van der Waals surface area contributed by atoms with E-state index in [0.717, 1.165) is 22.6 Å². The smallest absolute Gasteiger partial charge is 0.267 e. The molecule has 1 amide bonds. The fourth-order valence-electron chi connectivity index (χ4n) is 1.43. The zero-order valence-corrected chi connectivity index (χ0v) is 7.53. The molecule has 0 aromatic carbocycles. The summed E-state index contributed by atoms with van der Waals surface area (Å²) in [5.74, 6) is -0.197. The number of nitrogens with zero attached hydrogens (tertiary/aromatic N) is 2. The Bertz CT molecular complexity index is 408. The molecule has 1 radical (unpaired) electrons. The summed E-state index contributed by atoms with van der Waals surface area (Å²) in [5.41, 5.74) is 3.49. The van der Waals surface area contributed by atoms with Crippen LogP contribution in [0.3, 0.4) is 0 Å². The van der Waals surface area contributed by atoms with E-state index in [1.165, 1.54) is 6.08 Å². The Kier molecular flexibility index (Phi) is 1.65. The Morgan fingerprint density at radius 3 is 2.77 bits per heavy atom. The molecule has 0 atom stereocenters. The Morgan fingerprint density at radius 2 is 2.00 bits per heavy atom. The van der Waals surface area contributed by atoms with Crippen LogP contribution in [0.4, 0.5) is 5.69 Å². The van der Waals surface area contributed by atoms with E-state index in [-0.39, 0.29) is 5.91 Å². The SMILES string of the molecule is Cc1cc2c(c(C)n1)C=CC(=O)[N]2. The van der Waals surface area contributed by atoms with E-state index in [0.29, 0.717) is 0 Å². The quantitative estimate of drug-likeness (QED) is 0.596. The summed E-state index contributed by atoms with van der Waals surface area (Å²) in [7, 11) is 0. The minimum atomic E-state index is -0.197. The summed E-state index contributed by atoms with van der Waals surface area (Å²) in [6.45, 7) is 3.81. The van der Waals surface area contributed by atoms with E-state index < -0.39 is 0 Å². The lowest BCUT2D eigenvalue weighted by Crippen LogP contribution is -2.12. The maximum Gasteiger partial charge on any atom is 0.270 e. The van der Waals surface area contributed by atoms with Gasteiger partial charge in [-0.25, -0.2) is 5.32 Å². The molecule has 1 aliphatic heterocycles. The summed E-state index contributed by atoms with van der Waals surface area (Å²) in [6, 6.07) is 1.82. The van der Waals surface area contributed by atoms with Gasteiger partial charge in [0.2, 0.25) is 0 Å². The summed E-state index contributed by atoms with van der Waals surface area (Å²) >= 11 is 0. The van der Waals surface area contributed by atoms with Gasteiger partial charge in [-0.2, -0.15) is 0 Å². The molecule has 2 heterocycles. The molecule has 3 heteroatoms. The first kappa shape index (κ1) is 7.98. The van der Waals surface area contributed by atoms with Crippen molar-refractivity contribution in [3.05, 3.63) is 29.1 Å². The first-order valence-electron chi connectivity index (χ1n) is 4.09. The van der Waals surface area contributed by atoms with Crippen molar-refractivity contribution in [2.45, 2.75) is 13.8 Å². The number of amides is 1. The number of hydrogen-bond donors (Lipinski definition) is 0. The van der Waals surface area contributed by atoms with Crippen LogP contribution in [-0.4, -0.2) is 10.9 Å². The zero-order chi connectivity index (χ0) is 9.42. The number of rotatable bonds is 0. The number of aromatic nitrogens is 1. The number of pyridine rings is 1. The Hall–Kier alpha value is -1.64. The van der Waals surface area contributed by atoms with E-state index in [1.54, 1.807) is 6.08 Å². The van der Waals surface area contributed by atoms with Crippen molar-refractivity contribution >= 4 is 17.7 Å². The molecule has 0 saturated carbocycles. The molecule has 1 aromatic rings. The third kappa shape index (κ3) is 1.33. The molecule has 3 nitrogen and oxygen atoms in total. The highest BCUT2D eigenvalue weighted by molar-refractivity contribution is 5.99. The highest BCUT2D eigenvalue weighted by Gasteiger charge is 2.13. The van der Waals surface area contributed by atoms with Crippen LogP contribution in [0.1, 0.15) is 17.0 Å². The van der Waals surface area contributed by atoms with Gasteiger partial charge in [0.1, 0.15) is 0 Å². The van der Waals surface area contributed by atoms with Gasteiger partial charge in [-0.1, -0.05) is 0 Å². The minimum Gasteiger partial charge on any atom is -0.267 e. The topological polar surface area (TPSA) is 44.1 Å². The van der Waals surface area contributed by atoms with E-state index in [4.69, 9.17) is 0 Å². The molecule has 1 aromatic heterocycles. The third-order valence-corrected chi connectivity index (χ3v) is 1.98. The van der Waals surface area contributed by atoms with Gasteiger partial charge in [-0.3, -0.25) is 9.78 Å². The van der Waals surface area contributed by atoms with Gasteiger partial charge in [-0.05, 0) is 26.0 Å². The van der Waals surface area contributed by atoms with Crippen molar-refractivity contribution in [3.8, 4) is 0 Å². The molecule has 0 bridgehead atoms. The Labute approximate surface area is 76.5 Å². The van der Waals surface area contributed by atoms with Crippen molar-refractivity contribution in [3.63, 3.8) is 0 Å². The standard InChI is InChI=1S/C10H9N2O/c1-6-5-9-8(7(2)11-6)3-4-10(13)12-9/h3-5H,1-2H3. The van der Waals surface area contributed by atoms with Gasteiger partial charge in [0, 0.05) is 23.0 Å². The number of hydrogen-bond acceptors (Lipinski definition) is 2. The van der Waals surface area contributed by atoms with Crippen LogP contribution >= 0.6 is 0 Å². The number of carbonyl (C=O) groups excluding carboxylic acids is 1. The molecular weight excluding hydrogens is 164 g/mol. The highest BCUT2D eigenvalue weighted by Crippen LogP contribution is 2.24. The third-order valence-electron chi connectivity index (χ3n) is 1.98. The summed E-state index contributed by atoms with van der Waals surface area (Å²) in [4.78, 5) is 15.3. The zero-order valence-electron chi connectivity index (χ0n) is 7.53. The maximum absolute atomic E-state index is 11.0. The molecule has 0 saturated heterocycles. The van der Waals surface area contributed by atoms with E-state index in [1.807, 2.05) is 19.9 Å². The first-order valence-corrected chi connectivity index (χ1v) is 4.09. The summed E-state index contributed by atoms with van der Waals surface area (Å²) in [6.07, 6.45) is 3.23. The van der Waals surface area contributed by atoms with Crippen LogP contribution in [-0.2, 0) is 4.79 Å². The largest absolute Gasteiger partial charge is 0.270 e. The second kappa shape index (κ2) is 2.69. The number of aryl methyl sites for hydroxylation is 2. The van der Waals surface area contributed by atoms with Crippen LogP contribution in [0.25, 0.3) is 6.08 Å². The predicted octanol–water partition coefficient (Wildman–Crippen LogP) is 1.49. The molecule has 0 N–H and O–H groups in total. The second-order valence-corrected chi connectivity index (χ2v) is 3.07. The lowest BCUT2D eigenvalue weighted by molar-refractivity contribution is -0.115. The van der Waals surface area contributed by atoms with Gasteiger partial charge in [0.05, 0.1) is 5.69 Å². The molecule has 0 unspecified atom stereocenters. The van der Waals surface area contributed by atoms with Gasteiger partial charge in [0.25, 0.3) is 5.91 Å². The van der Waals surface area contributed by atoms with Gasteiger partial charge in [-0.15, -0.1) is 0 Å². The molecule has 13 heavy (non-hydrogen) atoms. The van der Waals surface area contributed by atoms with Gasteiger partial charge >= 0.3 is 0 Å². The molecular formula is C10H9N2O. The van der Waals surface area contributed by atoms with Crippen molar-refractivity contribution in [1.82, 2.24) is 10.3 Å². The lowest BCUT2D eigenvalue weighted by atomic mass is 10.1. The van der Waals surface area contributed by atoms with Crippen LogP contribution in [0, 0.1) is 13.8 Å². The minimum absolute atomic E-state index is 0.197. The van der Waals surface area contributed by atoms with E-state index >= 15 is 0 Å². The predicted molar refractivity (Wildman–Crippen MR) is 49.5 cm³/mol. The number of fused-ring (bicyclic) bond motifs is 1. The Balaban J connectivity index is 2.62. The summed E-state index contributed by atoms with van der Waals surface area (Å²) in [5, 5.41) is 3.90. The molecule has 2 rings (SSSR count). The first-order chi connectivity index (χ1) is 6.16. The van der Waals surface area contributed by atoms with Gasteiger partial charge in [0.15, 0.2) is 0 Å². The Morgan fingerprint density at radius 1 is 1.23 bits per heavy atom.